The lowest BCUT2D eigenvalue weighted by Gasteiger charge is -2.31. The second-order valence-corrected chi connectivity index (χ2v) is 9.62. The quantitative estimate of drug-likeness (QED) is 0.661. The summed E-state index contributed by atoms with van der Waals surface area (Å²) in [5.74, 6) is -0.0439. The minimum absolute atomic E-state index is 0.0105. The van der Waals surface area contributed by atoms with Crippen LogP contribution in [0.5, 0.6) is 0 Å². The van der Waals surface area contributed by atoms with Gasteiger partial charge in [-0.25, -0.2) is 12.7 Å². The van der Waals surface area contributed by atoms with Gasteiger partial charge in [0, 0.05) is 30.7 Å². The summed E-state index contributed by atoms with van der Waals surface area (Å²) in [6.07, 6.45) is 3.23. The van der Waals surface area contributed by atoms with Gasteiger partial charge in [-0.05, 0) is 30.0 Å². The maximum atomic E-state index is 12.7. The van der Waals surface area contributed by atoms with Crippen molar-refractivity contribution in [3.05, 3.63) is 78.0 Å². The van der Waals surface area contributed by atoms with Gasteiger partial charge in [0.05, 0.1) is 17.7 Å². The van der Waals surface area contributed by atoms with Gasteiger partial charge in [-0.15, -0.1) is 0 Å². The molecule has 3 aromatic rings. The molecule has 1 aromatic heterocycles. The van der Waals surface area contributed by atoms with Crippen molar-refractivity contribution < 1.29 is 13.2 Å². The molecular weight excluding hydrogens is 398 g/mol. The van der Waals surface area contributed by atoms with E-state index in [1.165, 1.54) is 4.31 Å². The number of aromatic nitrogens is 1. The molecule has 0 atom stereocenters. The van der Waals surface area contributed by atoms with E-state index in [1.54, 1.807) is 6.20 Å². The standard InChI is InChI=1S/C23H25N3O3S/c27-22(16-20-9-4-8-19-10-5-13-24-23(19)20)25-21-11-14-26(15-12-21)30(28,29)17-18-6-2-1-3-7-18/h1-10,13,21H,11-12,14-17H2,(H,25,27). The third-order valence-electron chi connectivity index (χ3n) is 5.47. The predicted octanol–water partition coefficient (Wildman–Crippen LogP) is 2.89. The molecule has 6 nitrogen and oxygen atoms in total. The highest BCUT2D eigenvalue weighted by molar-refractivity contribution is 7.88. The van der Waals surface area contributed by atoms with Crippen molar-refractivity contribution in [2.45, 2.75) is 31.1 Å². The minimum Gasteiger partial charge on any atom is -0.353 e. The lowest BCUT2D eigenvalue weighted by Crippen LogP contribution is -2.47. The first-order valence-corrected chi connectivity index (χ1v) is 11.8. The van der Waals surface area contributed by atoms with E-state index in [0.29, 0.717) is 25.9 Å². The van der Waals surface area contributed by atoms with Gasteiger partial charge in [-0.1, -0.05) is 54.6 Å². The Morgan fingerprint density at radius 2 is 1.73 bits per heavy atom. The number of hydrogen-bond acceptors (Lipinski definition) is 4. The average molecular weight is 424 g/mol. The number of carbonyl (C=O) groups excluding carboxylic acids is 1. The van der Waals surface area contributed by atoms with Crippen LogP contribution in [0.15, 0.2) is 66.9 Å². The fourth-order valence-corrected chi connectivity index (χ4v) is 5.48. The third kappa shape index (κ3) is 4.86. The Balaban J connectivity index is 1.32. The van der Waals surface area contributed by atoms with E-state index in [2.05, 4.69) is 10.3 Å². The summed E-state index contributed by atoms with van der Waals surface area (Å²) in [7, 11) is -3.35. The molecule has 0 unspecified atom stereocenters. The number of amides is 1. The van der Waals surface area contributed by atoms with Gasteiger partial charge in [0.2, 0.25) is 15.9 Å². The number of fused-ring (bicyclic) bond motifs is 1. The molecule has 0 spiro atoms. The van der Waals surface area contributed by atoms with Crippen LogP contribution >= 0.6 is 0 Å². The number of carbonyl (C=O) groups is 1. The van der Waals surface area contributed by atoms with Crippen LogP contribution in [0.1, 0.15) is 24.0 Å². The summed E-state index contributed by atoms with van der Waals surface area (Å²) >= 11 is 0. The first-order valence-electron chi connectivity index (χ1n) is 10.1. The fourth-order valence-electron chi connectivity index (χ4n) is 3.92. The Morgan fingerprint density at radius 3 is 2.50 bits per heavy atom. The Kier molecular flexibility index (Phi) is 6.11. The van der Waals surface area contributed by atoms with Crippen LogP contribution < -0.4 is 5.32 Å². The molecule has 2 aromatic carbocycles. The molecule has 0 radical (unpaired) electrons. The van der Waals surface area contributed by atoms with Crippen LogP contribution in [0.2, 0.25) is 0 Å². The van der Waals surface area contributed by atoms with E-state index in [9.17, 15) is 13.2 Å². The molecular formula is C23H25N3O3S. The number of sulfonamides is 1. The SMILES string of the molecule is O=C(Cc1cccc2cccnc12)NC1CCN(S(=O)(=O)Cc2ccccc2)CC1. The minimum atomic E-state index is -3.35. The number of piperidine rings is 1. The van der Waals surface area contributed by atoms with E-state index in [4.69, 9.17) is 0 Å². The van der Waals surface area contributed by atoms with E-state index in [0.717, 1.165) is 22.0 Å². The highest BCUT2D eigenvalue weighted by atomic mass is 32.2. The zero-order chi connectivity index (χ0) is 21.0. The predicted molar refractivity (Wildman–Crippen MR) is 117 cm³/mol. The highest BCUT2D eigenvalue weighted by Gasteiger charge is 2.28. The van der Waals surface area contributed by atoms with Gasteiger partial charge in [0.25, 0.3) is 0 Å². The van der Waals surface area contributed by atoms with Gasteiger partial charge < -0.3 is 5.32 Å². The Labute approximate surface area is 177 Å². The second-order valence-electron chi connectivity index (χ2n) is 7.65. The molecule has 1 saturated heterocycles. The summed E-state index contributed by atoms with van der Waals surface area (Å²) in [4.78, 5) is 17.0. The smallest absolute Gasteiger partial charge is 0.224 e. The molecule has 1 aliphatic heterocycles. The van der Waals surface area contributed by atoms with Gasteiger partial charge in [-0.3, -0.25) is 9.78 Å². The molecule has 7 heteroatoms. The van der Waals surface area contributed by atoms with Crippen LogP contribution in [0.4, 0.5) is 0 Å². The van der Waals surface area contributed by atoms with E-state index in [1.807, 2.05) is 60.7 Å². The third-order valence-corrected chi connectivity index (χ3v) is 7.32. The van der Waals surface area contributed by atoms with Crippen molar-refractivity contribution in [1.82, 2.24) is 14.6 Å². The van der Waals surface area contributed by atoms with E-state index < -0.39 is 10.0 Å². The molecule has 4 rings (SSSR count). The first-order chi connectivity index (χ1) is 14.5. The maximum Gasteiger partial charge on any atom is 0.224 e. The molecule has 156 valence electrons. The van der Waals surface area contributed by atoms with Gasteiger partial charge >= 0.3 is 0 Å². The Hall–Kier alpha value is -2.77. The topological polar surface area (TPSA) is 79.4 Å². The van der Waals surface area contributed by atoms with Crippen molar-refractivity contribution >= 4 is 26.8 Å². The van der Waals surface area contributed by atoms with Crippen LogP contribution in [-0.2, 0) is 27.0 Å². The molecule has 2 heterocycles. The average Bonchev–Trinajstić information content (AvgIpc) is 2.75. The summed E-state index contributed by atoms with van der Waals surface area (Å²) in [6.45, 7) is 0.853. The van der Waals surface area contributed by atoms with Gasteiger partial charge in [0.15, 0.2) is 0 Å². The lowest BCUT2D eigenvalue weighted by atomic mass is 10.0. The lowest BCUT2D eigenvalue weighted by molar-refractivity contribution is -0.121. The van der Waals surface area contributed by atoms with Crippen molar-refractivity contribution in [3.8, 4) is 0 Å². The zero-order valence-corrected chi connectivity index (χ0v) is 17.5. The van der Waals surface area contributed by atoms with E-state index >= 15 is 0 Å². The summed E-state index contributed by atoms with van der Waals surface area (Å²) < 4.78 is 26.9. The molecule has 1 N–H and O–H groups in total. The largest absolute Gasteiger partial charge is 0.353 e. The van der Waals surface area contributed by atoms with Crippen molar-refractivity contribution in [1.29, 1.82) is 0 Å². The summed E-state index contributed by atoms with van der Waals surface area (Å²) in [5, 5.41) is 4.08. The Morgan fingerprint density at radius 1 is 1.00 bits per heavy atom. The summed E-state index contributed by atoms with van der Waals surface area (Å²) in [5.41, 5.74) is 2.53. The van der Waals surface area contributed by atoms with Crippen LogP contribution in [0.25, 0.3) is 10.9 Å². The number of nitrogens with zero attached hydrogens (tertiary/aromatic N) is 2. The van der Waals surface area contributed by atoms with Crippen molar-refractivity contribution in [2.24, 2.45) is 0 Å². The van der Waals surface area contributed by atoms with Gasteiger partial charge in [0.1, 0.15) is 0 Å². The molecule has 0 saturated carbocycles. The number of hydrogen-bond donors (Lipinski definition) is 1. The number of pyridine rings is 1. The number of rotatable bonds is 6. The molecule has 1 aliphatic rings. The van der Waals surface area contributed by atoms with E-state index in [-0.39, 0.29) is 24.1 Å². The van der Waals surface area contributed by atoms with Crippen LogP contribution in [0, 0.1) is 0 Å². The zero-order valence-electron chi connectivity index (χ0n) is 16.7. The highest BCUT2D eigenvalue weighted by Crippen LogP contribution is 2.19. The van der Waals surface area contributed by atoms with Crippen LogP contribution in [0.3, 0.4) is 0 Å². The Bertz CT molecular complexity index is 1120. The second kappa shape index (κ2) is 8.93. The number of benzene rings is 2. The normalized spacial score (nSPS) is 15.9. The molecule has 0 aliphatic carbocycles. The molecule has 30 heavy (non-hydrogen) atoms. The molecule has 0 bridgehead atoms. The molecule has 1 amide bonds. The first kappa shape index (κ1) is 20.5. The van der Waals surface area contributed by atoms with Crippen LogP contribution in [-0.4, -0.2) is 42.7 Å². The summed E-state index contributed by atoms with van der Waals surface area (Å²) in [6, 6.07) is 18.9. The van der Waals surface area contributed by atoms with Gasteiger partial charge in [-0.2, -0.15) is 0 Å². The van der Waals surface area contributed by atoms with Crippen molar-refractivity contribution in [2.75, 3.05) is 13.1 Å². The van der Waals surface area contributed by atoms with Crippen molar-refractivity contribution in [3.63, 3.8) is 0 Å². The number of para-hydroxylation sites is 1. The monoisotopic (exact) mass is 423 g/mol. The maximum absolute atomic E-state index is 12.7. The fraction of sp³-hybridized carbons (Fsp3) is 0.304. The number of nitrogens with one attached hydrogen (secondary N) is 1. The molecule has 1 fully saturated rings.